The van der Waals surface area contributed by atoms with Crippen molar-refractivity contribution in [2.75, 3.05) is 6.61 Å². The van der Waals surface area contributed by atoms with E-state index >= 15 is 0 Å². The van der Waals surface area contributed by atoms with E-state index in [1.54, 1.807) is 11.3 Å². The average Bonchev–Trinajstić information content (AvgIpc) is 2.79. The highest BCUT2D eigenvalue weighted by Crippen LogP contribution is 2.36. The van der Waals surface area contributed by atoms with Gasteiger partial charge >= 0.3 is 6.16 Å². The summed E-state index contributed by atoms with van der Waals surface area (Å²) in [7, 11) is 0. The van der Waals surface area contributed by atoms with Gasteiger partial charge in [-0.05, 0) is 48.9 Å². The molecule has 0 aliphatic heterocycles. The van der Waals surface area contributed by atoms with Gasteiger partial charge in [0.05, 0.1) is 6.61 Å². The third-order valence-electron chi connectivity index (χ3n) is 5.90. The smallest absolute Gasteiger partial charge is 0.434 e. The fraction of sp³-hybridized carbons (Fsp3) is 0.462. The lowest BCUT2D eigenvalue weighted by atomic mass is 9.99. The molecule has 3 aromatic rings. The van der Waals surface area contributed by atoms with Gasteiger partial charge in [-0.1, -0.05) is 59.1 Å². The summed E-state index contributed by atoms with van der Waals surface area (Å²) in [6, 6.07) is 9.65. The summed E-state index contributed by atoms with van der Waals surface area (Å²) in [5.74, 6) is 0.838. The minimum atomic E-state index is -0.685. The van der Waals surface area contributed by atoms with Crippen molar-refractivity contribution in [1.82, 2.24) is 0 Å². The zero-order valence-corrected chi connectivity index (χ0v) is 19.8. The van der Waals surface area contributed by atoms with Gasteiger partial charge in [-0.2, -0.15) is 0 Å². The van der Waals surface area contributed by atoms with Crippen LogP contribution in [0.5, 0.6) is 5.75 Å². The third-order valence-corrected chi connectivity index (χ3v) is 7.02. The highest BCUT2D eigenvalue weighted by Gasteiger charge is 2.21. The van der Waals surface area contributed by atoms with E-state index in [1.165, 1.54) is 0 Å². The van der Waals surface area contributed by atoms with Crippen molar-refractivity contribution in [1.29, 1.82) is 0 Å². The zero-order chi connectivity index (χ0) is 22.4. The van der Waals surface area contributed by atoms with E-state index in [1.807, 2.05) is 44.2 Å². The minimum absolute atomic E-state index is 0.00677. The summed E-state index contributed by atoms with van der Waals surface area (Å²) in [5.41, 5.74) is 1.70. The Balaban J connectivity index is 1.97. The lowest BCUT2D eigenvalue weighted by Gasteiger charge is -2.18. The van der Waals surface area contributed by atoms with Gasteiger partial charge in [0.2, 0.25) is 0 Å². The van der Waals surface area contributed by atoms with Crippen molar-refractivity contribution < 1.29 is 14.3 Å². The number of hydrogen-bond donors (Lipinski definition) is 0. The first-order chi connectivity index (χ1) is 15.0. The fourth-order valence-corrected chi connectivity index (χ4v) is 5.18. The van der Waals surface area contributed by atoms with E-state index in [4.69, 9.17) is 9.47 Å². The monoisotopic (exact) mass is 440 g/mol. The van der Waals surface area contributed by atoms with Gasteiger partial charge in [0.1, 0.15) is 5.75 Å². The maximum atomic E-state index is 13.3. The van der Waals surface area contributed by atoms with Crippen LogP contribution in [0.3, 0.4) is 0 Å². The van der Waals surface area contributed by atoms with Crippen molar-refractivity contribution in [2.24, 2.45) is 5.92 Å². The normalized spacial score (nSPS) is 12.3. The fourth-order valence-electron chi connectivity index (χ4n) is 4.00. The first kappa shape index (κ1) is 23.3. The van der Waals surface area contributed by atoms with Gasteiger partial charge in [0.25, 0.3) is 0 Å². The van der Waals surface area contributed by atoms with Gasteiger partial charge < -0.3 is 9.47 Å². The highest BCUT2D eigenvalue weighted by atomic mass is 32.1. The molecule has 0 N–H and O–H groups in total. The summed E-state index contributed by atoms with van der Waals surface area (Å²) >= 11 is 1.61. The Morgan fingerprint density at radius 1 is 1.06 bits per heavy atom. The molecule has 0 saturated carbocycles. The zero-order valence-electron chi connectivity index (χ0n) is 19.0. The molecular weight excluding hydrogens is 408 g/mol. The van der Waals surface area contributed by atoms with Crippen LogP contribution in [0.25, 0.3) is 20.2 Å². The highest BCUT2D eigenvalue weighted by molar-refractivity contribution is 7.24. The molecule has 2 aromatic carbocycles. The molecule has 1 unspecified atom stereocenters. The number of fused-ring (bicyclic) bond motifs is 2. The average molecular weight is 441 g/mol. The van der Waals surface area contributed by atoms with Crippen LogP contribution in [0.4, 0.5) is 4.79 Å². The van der Waals surface area contributed by atoms with Gasteiger partial charge in [-0.25, -0.2) is 4.79 Å². The van der Waals surface area contributed by atoms with Gasteiger partial charge in [0, 0.05) is 25.7 Å². The Morgan fingerprint density at radius 2 is 1.84 bits per heavy atom. The van der Waals surface area contributed by atoms with Gasteiger partial charge in [0.15, 0.2) is 5.43 Å². The lowest BCUT2D eigenvalue weighted by molar-refractivity contribution is 0.0807. The molecule has 0 amide bonds. The topological polar surface area (TPSA) is 52.6 Å². The van der Waals surface area contributed by atoms with Crippen LogP contribution in [0, 0.1) is 5.92 Å². The van der Waals surface area contributed by atoms with Crippen LogP contribution in [0.2, 0.25) is 0 Å². The molecule has 31 heavy (non-hydrogen) atoms. The number of carbonyl (C=O) groups is 1. The van der Waals surface area contributed by atoms with E-state index in [9.17, 15) is 9.59 Å². The van der Waals surface area contributed by atoms with E-state index in [0.29, 0.717) is 41.9 Å². The molecule has 4 nitrogen and oxygen atoms in total. The number of ether oxygens (including phenoxy) is 2. The number of hydrogen-bond acceptors (Lipinski definition) is 5. The SMILES string of the molecule is CCCCC(CC)COC(=O)Oc1c(CC)cc2sc3ccccc3c(=O)c2c1CC. The summed E-state index contributed by atoms with van der Waals surface area (Å²) in [4.78, 5) is 25.9. The molecule has 3 rings (SSSR count). The molecule has 0 fully saturated rings. The van der Waals surface area contributed by atoms with E-state index < -0.39 is 6.16 Å². The Hall–Kier alpha value is -2.40. The number of unbranched alkanes of at least 4 members (excludes halogenated alkanes) is 1. The quantitative estimate of drug-likeness (QED) is 0.199. The van der Waals surface area contributed by atoms with Crippen molar-refractivity contribution >= 4 is 37.7 Å². The standard InChI is InChI=1S/C26H32O4S/c1-5-9-12-17(6-2)16-29-26(28)30-25-18(7-3)15-22-23(19(25)8-4)24(27)20-13-10-11-14-21(20)31-22/h10-11,13-15,17H,5-9,12,16H2,1-4H3. The van der Waals surface area contributed by atoms with Crippen LogP contribution in [0.15, 0.2) is 35.1 Å². The lowest BCUT2D eigenvalue weighted by Crippen LogP contribution is -2.18. The minimum Gasteiger partial charge on any atom is -0.434 e. The van der Waals surface area contributed by atoms with E-state index in [2.05, 4.69) is 13.8 Å². The number of carbonyl (C=O) groups excluding carboxylic acids is 1. The first-order valence-corrected chi connectivity index (χ1v) is 12.2. The van der Waals surface area contributed by atoms with Crippen molar-refractivity contribution in [2.45, 2.75) is 66.2 Å². The summed E-state index contributed by atoms with van der Waals surface area (Å²) in [6.45, 7) is 8.66. The number of benzene rings is 2. The second-order valence-corrected chi connectivity index (χ2v) is 9.01. The largest absolute Gasteiger partial charge is 0.513 e. The molecule has 0 radical (unpaired) electrons. The Labute approximate surface area is 188 Å². The molecule has 0 bridgehead atoms. The van der Waals surface area contributed by atoms with Gasteiger partial charge in [-0.15, -0.1) is 11.3 Å². The molecular formula is C26H32O4S. The maximum absolute atomic E-state index is 13.3. The molecule has 1 atom stereocenters. The van der Waals surface area contributed by atoms with Crippen LogP contribution in [0.1, 0.15) is 64.5 Å². The second-order valence-electron chi connectivity index (χ2n) is 7.93. The number of rotatable bonds is 9. The van der Waals surface area contributed by atoms with E-state index in [0.717, 1.165) is 46.2 Å². The van der Waals surface area contributed by atoms with Gasteiger partial charge in [-0.3, -0.25) is 4.79 Å². The summed E-state index contributed by atoms with van der Waals surface area (Å²) in [5, 5.41) is 1.36. The van der Waals surface area contributed by atoms with Crippen LogP contribution < -0.4 is 10.2 Å². The molecule has 0 saturated heterocycles. The maximum Gasteiger partial charge on any atom is 0.513 e. The molecule has 0 aliphatic rings. The Bertz CT molecular complexity index is 1120. The van der Waals surface area contributed by atoms with Crippen molar-refractivity contribution in [3.8, 4) is 5.75 Å². The number of aryl methyl sites for hydroxylation is 2. The van der Waals surface area contributed by atoms with Crippen molar-refractivity contribution in [3.63, 3.8) is 0 Å². The van der Waals surface area contributed by atoms with Crippen LogP contribution in [-0.4, -0.2) is 12.8 Å². The molecule has 0 spiro atoms. The molecule has 1 aromatic heterocycles. The first-order valence-electron chi connectivity index (χ1n) is 11.4. The molecule has 5 heteroatoms. The Morgan fingerprint density at radius 3 is 2.52 bits per heavy atom. The van der Waals surface area contributed by atoms with E-state index in [-0.39, 0.29) is 5.43 Å². The van der Waals surface area contributed by atoms with Crippen LogP contribution in [-0.2, 0) is 17.6 Å². The molecule has 0 aliphatic carbocycles. The molecule has 166 valence electrons. The summed E-state index contributed by atoms with van der Waals surface area (Å²) < 4.78 is 13.1. The Kier molecular flexibility index (Phi) is 8.08. The van der Waals surface area contributed by atoms with Crippen LogP contribution >= 0.6 is 11.3 Å². The third kappa shape index (κ3) is 5.09. The molecule has 1 heterocycles. The predicted molar refractivity (Wildman–Crippen MR) is 130 cm³/mol. The second kappa shape index (κ2) is 10.8. The predicted octanol–water partition coefficient (Wildman–Crippen LogP) is 7.27. The van der Waals surface area contributed by atoms with Crippen molar-refractivity contribution in [3.05, 3.63) is 51.7 Å². The summed E-state index contributed by atoms with van der Waals surface area (Å²) in [6.07, 6.45) is 4.89.